The molecule has 7 nitrogen and oxygen atoms in total. The molecule has 0 aromatic carbocycles. The third-order valence-electron chi connectivity index (χ3n) is 6.41. The first kappa shape index (κ1) is 20.6. The molecule has 2 atom stereocenters. The molecule has 3 N–H and O–H groups in total. The van der Waals surface area contributed by atoms with Gasteiger partial charge in [0.25, 0.3) is 0 Å². The Balaban J connectivity index is 1.53. The Hall–Kier alpha value is -2.32. The predicted octanol–water partition coefficient (Wildman–Crippen LogP) is 4.41. The average molecular weight is 439 g/mol. The van der Waals surface area contributed by atoms with Crippen LogP contribution in [0.3, 0.4) is 0 Å². The lowest BCUT2D eigenvalue weighted by Crippen LogP contribution is -2.19. The molecule has 0 radical (unpaired) electrons. The first-order chi connectivity index (χ1) is 15.1. The van der Waals surface area contributed by atoms with Crippen LogP contribution in [0.4, 0.5) is 11.8 Å². The molecule has 0 spiro atoms. The molecule has 5 rings (SSSR count). The predicted molar refractivity (Wildman–Crippen MR) is 126 cm³/mol. The zero-order valence-corrected chi connectivity index (χ0v) is 19.0. The summed E-state index contributed by atoms with van der Waals surface area (Å²) < 4.78 is 1.14. The van der Waals surface area contributed by atoms with Crippen LogP contribution in [0.15, 0.2) is 12.3 Å². The fraction of sp³-hybridized carbons (Fsp3) is 0.565. The molecule has 2 aliphatic carbocycles. The Bertz CT molecular complexity index is 1080. The van der Waals surface area contributed by atoms with Gasteiger partial charge in [-0.25, -0.2) is 9.97 Å². The minimum Gasteiger partial charge on any atom is -0.396 e. The second-order valence-electron chi connectivity index (χ2n) is 8.86. The van der Waals surface area contributed by atoms with Crippen molar-refractivity contribution in [3.8, 4) is 10.6 Å². The van der Waals surface area contributed by atoms with Gasteiger partial charge in [0.05, 0.1) is 21.7 Å². The maximum Gasteiger partial charge on any atom is 0.224 e. The summed E-state index contributed by atoms with van der Waals surface area (Å²) in [6.45, 7) is 5.34. The first-order valence-electron chi connectivity index (χ1n) is 11.4. The van der Waals surface area contributed by atoms with Crippen molar-refractivity contribution in [3.05, 3.63) is 23.7 Å². The van der Waals surface area contributed by atoms with Crippen LogP contribution >= 0.6 is 11.3 Å². The number of hydrogen-bond donors (Lipinski definition) is 3. The minimum absolute atomic E-state index is 0.257. The molecule has 8 heteroatoms. The highest BCUT2D eigenvalue weighted by Crippen LogP contribution is 2.38. The monoisotopic (exact) mass is 438 g/mol. The summed E-state index contributed by atoms with van der Waals surface area (Å²) in [6.07, 6.45) is 8.36. The maximum absolute atomic E-state index is 9.55. The average Bonchev–Trinajstić information content (AvgIpc) is 3.32. The molecule has 164 valence electrons. The number of anilines is 2. The van der Waals surface area contributed by atoms with Crippen molar-refractivity contribution in [2.24, 2.45) is 11.8 Å². The van der Waals surface area contributed by atoms with E-state index in [0.29, 0.717) is 17.9 Å². The summed E-state index contributed by atoms with van der Waals surface area (Å²) in [6, 6.07) is 2.34. The van der Waals surface area contributed by atoms with Crippen molar-refractivity contribution in [1.29, 1.82) is 0 Å². The van der Waals surface area contributed by atoms with Gasteiger partial charge in [0.15, 0.2) is 0 Å². The summed E-state index contributed by atoms with van der Waals surface area (Å²) in [4.78, 5) is 19.1. The number of pyridine rings is 1. The van der Waals surface area contributed by atoms with E-state index in [-0.39, 0.29) is 6.61 Å². The Labute approximate surface area is 186 Å². The number of nitrogens with one attached hydrogen (secondary N) is 2. The van der Waals surface area contributed by atoms with Crippen LogP contribution in [-0.2, 0) is 6.42 Å². The molecule has 2 aliphatic rings. The summed E-state index contributed by atoms with van der Waals surface area (Å²) in [5.41, 5.74) is 3.91. The van der Waals surface area contributed by atoms with Crippen molar-refractivity contribution < 1.29 is 5.11 Å². The number of thiazole rings is 1. The van der Waals surface area contributed by atoms with Crippen LogP contribution in [0, 0.1) is 18.8 Å². The third kappa shape index (κ3) is 4.36. The van der Waals surface area contributed by atoms with Crippen LogP contribution < -0.4 is 10.6 Å². The Morgan fingerprint density at radius 1 is 1.13 bits per heavy atom. The van der Waals surface area contributed by atoms with Gasteiger partial charge in [-0.2, -0.15) is 4.98 Å². The normalized spacial score (nSPS) is 21.0. The summed E-state index contributed by atoms with van der Waals surface area (Å²) in [5.74, 6) is 2.66. The van der Waals surface area contributed by atoms with E-state index < -0.39 is 0 Å². The number of hydrogen-bond acceptors (Lipinski definition) is 8. The zero-order chi connectivity index (χ0) is 21.4. The number of rotatable bonds is 8. The number of fused-ring (bicyclic) bond motifs is 1. The van der Waals surface area contributed by atoms with E-state index in [9.17, 15) is 5.11 Å². The van der Waals surface area contributed by atoms with Gasteiger partial charge in [-0.3, -0.25) is 4.98 Å². The van der Waals surface area contributed by atoms with Crippen LogP contribution in [0.2, 0.25) is 0 Å². The van der Waals surface area contributed by atoms with E-state index in [1.54, 1.807) is 11.3 Å². The van der Waals surface area contributed by atoms with E-state index in [1.165, 1.54) is 12.8 Å². The largest absolute Gasteiger partial charge is 0.396 e. The summed E-state index contributed by atoms with van der Waals surface area (Å²) in [7, 11) is 0. The van der Waals surface area contributed by atoms with Crippen LogP contribution in [-0.4, -0.2) is 44.2 Å². The van der Waals surface area contributed by atoms with E-state index >= 15 is 0 Å². The SMILES string of the molecule is CCc1nccc2sc(-c3c(C)nc(NCC4CC4)nc3N[C@H]3CC[C@@H](CO)C3)nc12. The van der Waals surface area contributed by atoms with Gasteiger partial charge in [0, 0.05) is 25.4 Å². The lowest BCUT2D eigenvalue weighted by molar-refractivity contribution is 0.229. The van der Waals surface area contributed by atoms with Crippen molar-refractivity contribution in [1.82, 2.24) is 19.9 Å². The molecule has 3 heterocycles. The van der Waals surface area contributed by atoms with Gasteiger partial charge in [-0.15, -0.1) is 11.3 Å². The van der Waals surface area contributed by atoms with Gasteiger partial charge in [0.2, 0.25) is 5.95 Å². The summed E-state index contributed by atoms with van der Waals surface area (Å²) >= 11 is 1.67. The second kappa shape index (κ2) is 8.67. The minimum atomic E-state index is 0.257. The van der Waals surface area contributed by atoms with Gasteiger partial charge in [0.1, 0.15) is 16.3 Å². The number of aromatic nitrogens is 4. The lowest BCUT2D eigenvalue weighted by atomic mass is 10.1. The van der Waals surface area contributed by atoms with Crippen LogP contribution in [0.1, 0.15) is 50.4 Å². The van der Waals surface area contributed by atoms with Gasteiger partial charge < -0.3 is 15.7 Å². The molecular weight excluding hydrogens is 408 g/mol. The standard InChI is InChI=1S/C23H30N6OS/c1-3-17-20-18(8-9-24-17)31-22(28-20)19-13(2)26-23(25-11-14-4-5-14)29-21(19)27-16-7-6-15(10-16)12-30/h8-9,14-16,30H,3-7,10-12H2,1-2H3,(H2,25,26,27,29)/t15-,16+/m1/s1. The molecule has 31 heavy (non-hydrogen) atoms. The fourth-order valence-electron chi connectivity index (χ4n) is 4.41. The van der Waals surface area contributed by atoms with Gasteiger partial charge in [-0.05, 0) is 63.4 Å². The molecule has 0 amide bonds. The molecule has 2 saturated carbocycles. The molecule has 0 aliphatic heterocycles. The third-order valence-corrected chi connectivity index (χ3v) is 7.45. The molecule has 3 aromatic rings. The van der Waals surface area contributed by atoms with Crippen molar-refractivity contribution in [2.75, 3.05) is 23.8 Å². The quantitative estimate of drug-likeness (QED) is 0.479. The number of aryl methyl sites for hydroxylation is 2. The van der Waals surface area contributed by atoms with Crippen molar-refractivity contribution >= 4 is 33.3 Å². The van der Waals surface area contributed by atoms with Gasteiger partial charge in [-0.1, -0.05) is 6.92 Å². The molecule has 0 saturated heterocycles. The Kier molecular flexibility index (Phi) is 5.75. The van der Waals surface area contributed by atoms with E-state index in [4.69, 9.17) is 15.0 Å². The van der Waals surface area contributed by atoms with E-state index in [0.717, 1.165) is 76.1 Å². The van der Waals surface area contributed by atoms with Crippen molar-refractivity contribution in [2.45, 2.75) is 58.4 Å². The zero-order valence-electron chi connectivity index (χ0n) is 18.2. The Morgan fingerprint density at radius 3 is 2.71 bits per heavy atom. The highest BCUT2D eigenvalue weighted by atomic mass is 32.1. The van der Waals surface area contributed by atoms with Crippen LogP contribution in [0.5, 0.6) is 0 Å². The smallest absolute Gasteiger partial charge is 0.224 e. The number of nitrogens with zero attached hydrogens (tertiary/aromatic N) is 4. The number of aliphatic hydroxyl groups excluding tert-OH is 1. The first-order valence-corrected chi connectivity index (χ1v) is 12.2. The van der Waals surface area contributed by atoms with Gasteiger partial charge >= 0.3 is 0 Å². The van der Waals surface area contributed by atoms with E-state index in [1.807, 2.05) is 19.2 Å². The summed E-state index contributed by atoms with van der Waals surface area (Å²) in [5, 5.41) is 17.6. The second-order valence-corrected chi connectivity index (χ2v) is 9.89. The molecule has 3 aromatic heterocycles. The van der Waals surface area contributed by atoms with Crippen LogP contribution in [0.25, 0.3) is 20.8 Å². The molecule has 0 unspecified atom stereocenters. The highest BCUT2D eigenvalue weighted by Gasteiger charge is 2.27. The lowest BCUT2D eigenvalue weighted by Gasteiger charge is -2.18. The maximum atomic E-state index is 9.55. The van der Waals surface area contributed by atoms with E-state index in [2.05, 4.69) is 22.5 Å². The fourth-order valence-corrected chi connectivity index (χ4v) is 5.49. The highest BCUT2D eigenvalue weighted by molar-refractivity contribution is 7.21. The number of aliphatic hydroxyl groups is 1. The Morgan fingerprint density at radius 2 is 1.97 bits per heavy atom. The molecule has 2 fully saturated rings. The topological polar surface area (TPSA) is 95.9 Å². The molecular formula is C23H30N6OS. The molecule has 0 bridgehead atoms. The van der Waals surface area contributed by atoms with Crippen molar-refractivity contribution in [3.63, 3.8) is 0 Å².